The maximum atomic E-state index is 12.0. The summed E-state index contributed by atoms with van der Waals surface area (Å²) in [5, 5.41) is 12.8. The molecule has 1 aliphatic rings. The molecular formula is C11H16N4O3. The number of nitrogens with one attached hydrogen (secondary N) is 1. The first kappa shape index (κ1) is 12.7. The van der Waals surface area contributed by atoms with E-state index in [-0.39, 0.29) is 11.1 Å². The highest BCUT2D eigenvalue weighted by atomic mass is 16.3. The zero-order valence-electron chi connectivity index (χ0n) is 10.5. The average molecular weight is 252 g/mol. The van der Waals surface area contributed by atoms with Gasteiger partial charge in [0.1, 0.15) is 6.33 Å². The number of amides is 3. The van der Waals surface area contributed by atoms with Crippen LogP contribution in [0.5, 0.6) is 0 Å². The number of unbranched alkanes of at least 4 members (excludes halogenated alkanes) is 1. The number of nitrogens with zero attached hydrogens (tertiary/aromatic N) is 3. The standard InChI is InChI=1S/C11H16N4O3/c1-14-7-12-9-8(14)10(17)13-11(18)15(9,2)5-3-4-6-16/h7H,3-6H2,1-2H3,(H,13,17,18). The molecule has 1 unspecified atom stereocenters. The minimum Gasteiger partial charge on any atom is -0.854 e. The molecule has 18 heavy (non-hydrogen) atoms. The number of quaternary nitrogens is 1. The van der Waals surface area contributed by atoms with Crippen molar-refractivity contribution < 1.29 is 14.7 Å². The zero-order chi connectivity index (χ0) is 13.3. The van der Waals surface area contributed by atoms with Crippen LogP contribution in [0.15, 0.2) is 6.33 Å². The molecule has 0 saturated heterocycles. The number of urea groups is 1. The first-order valence-corrected chi connectivity index (χ1v) is 5.82. The van der Waals surface area contributed by atoms with Crippen LogP contribution >= 0.6 is 0 Å². The number of rotatable bonds is 4. The lowest BCUT2D eigenvalue weighted by Gasteiger charge is -2.32. The predicted octanol–water partition coefficient (Wildman–Crippen LogP) is -0.639. The van der Waals surface area contributed by atoms with E-state index in [4.69, 9.17) is 0 Å². The number of carbonyl (C=O) groups is 2. The SMILES string of the molecule is Cn1cnc2c1C(=O)NC(=O)[N+]2(C)CCCC[O-]. The van der Waals surface area contributed by atoms with Crippen LogP contribution in [0.2, 0.25) is 0 Å². The molecule has 98 valence electrons. The van der Waals surface area contributed by atoms with Gasteiger partial charge in [-0.1, -0.05) is 6.42 Å². The average Bonchev–Trinajstić information content (AvgIpc) is 2.70. The third-order valence-corrected chi connectivity index (χ3v) is 3.27. The smallest absolute Gasteiger partial charge is 0.429 e. The maximum absolute atomic E-state index is 12.0. The molecule has 2 rings (SSSR count). The third-order valence-electron chi connectivity index (χ3n) is 3.27. The summed E-state index contributed by atoms with van der Waals surface area (Å²) in [4.78, 5) is 27.9. The Kier molecular flexibility index (Phi) is 3.18. The summed E-state index contributed by atoms with van der Waals surface area (Å²) in [6, 6.07) is -0.392. The number of hydrogen-bond donors (Lipinski definition) is 1. The molecule has 1 aromatic rings. The van der Waals surface area contributed by atoms with Gasteiger partial charge < -0.3 is 9.67 Å². The zero-order valence-corrected chi connectivity index (χ0v) is 10.5. The molecule has 1 atom stereocenters. The van der Waals surface area contributed by atoms with E-state index >= 15 is 0 Å². The Balaban J connectivity index is 2.37. The highest BCUT2D eigenvalue weighted by molar-refractivity contribution is 6.13. The predicted molar refractivity (Wildman–Crippen MR) is 62.8 cm³/mol. The number of imide groups is 1. The molecule has 0 saturated carbocycles. The Morgan fingerprint density at radius 3 is 2.83 bits per heavy atom. The van der Waals surface area contributed by atoms with Gasteiger partial charge in [0, 0.05) is 7.05 Å². The summed E-state index contributed by atoms with van der Waals surface area (Å²) in [7, 11) is 3.42. The summed E-state index contributed by atoms with van der Waals surface area (Å²) in [5.74, 6) is 0.0339. The van der Waals surface area contributed by atoms with E-state index in [0.717, 1.165) is 0 Å². The number of imidazole rings is 1. The van der Waals surface area contributed by atoms with Crippen molar-refractivity contribution in [3.8, 4) is 0 Å². The number of carbonyl (C=O) groups excluding carboxylic acids is 2. The third kappa shape index (κ3) is 1.81. The van der Waals surface area contributed by atoms with E-state index in [2.05, 4.69) is 10.3 Å². The van der Waals surface area contributed by atoms with E-state index in [1.165, 1.54) is 6.33 Å². The Bertz CT molecular complexity index is 496. The van der Waals surface area contributed by atoms with Crippen molar-refractivity contribution in [3.63, 3.8) is 0 Å². The monoisotopic (exact) mass is 252 g/mol. The van der Waals surface area contributed by atoms with Gasteiger partial charge >= 0.3 is 6.03 Å². The molecule has 0 aromatic carbocycles. The minimum atomic E-state index is -0.422. The summed E-state index contributed by atoms with van der Waals surface area (Å²) in [6.45, 7) is 0.307. The lowest BCUT2D eigenvalue weighted by Crippen LogP contribution is -2.61. The van der Waals surface area contributed by atoms with Crippen LogP contribution in [0, 0.1) is 0 Å². The molecule has 2 heterocycles. The Morgan fingerprint density at radius 2 is 2.17 bits per heavy atom. The van der Waals surface area contributed by atoms with Crippen LogP contribution in [0.25, 0.3) is 0 Å². The van der Waals surface area contributed by atoms with Crippen molar-refractivity contribution in [1.82, 2.24) is 19.4 Å². The second kappa shape index (κ2) is 4.51. The fraction of sp³-hybridized carbons (Fsp3) is 0.545. The van der Waals surface area contributed by atoms with Crippen LogP contribution in [-0.4, -0.2) is 41.7 Å². The number of hydrogen-bond acceptors (Lipinski definition) is 4. The van der Waals surface area contributed by atoms with Gasteiger partial charge in [0.2, 0.25) is 0 Å². The molecule has 0 aliphatic carbocycles. The van der Waals surface area contributed by atoms with Crippen molar-refractivity contribution in [3.05, 3.63) is 12.0 Å². The second-order valence-corrected chi connectivity index (χ2v) is 4.61. The van der Waals surface area contributed by atoms with Gasteiger partial charge in [-0.25, -0.2) is 10.1 Å². The Morgan fingerprint density at radius 1 is 1.44 bits per heavy atom. The highest BCUT2D eigenvalue weighted by Crippen LogP contribution is 2.28. The molecule has 7 nitrogen and oxygen atoms in total. The lowest BCUT2D eigenvalue weighted by atomic mass is 10.2. The summed E-state index contributed by atoms with van der Waals surface area (Å²) < 4.78 is 1.52. The molecule has 1 N–H and O–H groups in total. The van der Waals surface area contributed by atoms with Gasteiger partial charge in [-0.2, -0.15) is 9.47 Å². The van der Waals surface area contributed by atoms with Crippen molar-refractivity contribution in [2.75, 3.05) is 20.2 Å². The van der Waals surface area contributed by atoms with Gasteiger partial charge in [-0.05, 0) is 6.42 Å². The Hall–Kier alpha value is -1.73. The molecule has 0 spiro atoms. The largest absolute Gasteiger partial charge is 0.854 e. The van der Waals surface area contributed by atoms with Crippen LogP contribution in [-0.2, 0) is 7.05 Å². The van der Waals surface area contributed by atoms with Crippen LogP contribution in [0.1, 0.15) is 23.3 Å². The van der Waals surface area contributed by atoms with Crippen molar-refractivity contribution in [1.29, 1.82) is 0 Å². The summed E-state index contributed by atoms with van der Waals surface area (Å²) in [6.07, 6.45) is 2.65. The fourth-order valence-corrected chi connectivity index (χ4v) is 2.15. The molecule has 1 aromatic heterocycles. The second-order valence-electron chi connectivity index (χ2n) is 4.61. The summed E-state index contributed by atoms with van der Waals surface area (Å²) in [5.41, 5.74) is 0.402. The van der Waals surface area contributed by atoms with Crippen LogP contribution < -0.4 is 14.9 Å². The van der Waals surface area contributed by atoms with Crippen LogP contribution in [0.3, 0.4) is 0 Å². The molecule has 3 amide bonds. The van der Waals surface area contributed by atoms with E-state index in [9.17, 15) is 14.7 Å². The molecular weight excluding hydrogens is 236 g/mol. The topological polar surface area (TPSA) is 87.0 Å². The molecule has 0 fully saturated rings. The molecule has 0 bridgehead atoms. The van der Waals surface area contributed by atoms with Crippen molar-refractivity contribution >= 4 is 17.8 Å². The van der Waals surface area contributed by atoms with Crippen LogP contribution in [0.4, 0.5) is 10.6 Å². The maximum Gasteiger partial charge on any atom is 0.429 e. The summed E-state index contributed by atoms with van der Waals surface area (Å²) >= 11 is 0. The van der Waals surface area contributed by atoms with Gasteiger partial charge in [0.25, 0.3) is 11.7 Å². The minimum absolute atomic E-state index is 0.0814. The first-order valence-electron chi connectivity index (χ1n) is 5.82. The molecule has 7 heteroatoms. The van der Waals surface area contributed by atoms with Gasteiger partial charge in [0.05, 0.1) is 13.6 Å². The van der Waals surface area contributed by atoms with E-state index in [0.29, 0.717) is 30.9 Å². The van der Waals surface area contributed by atoms with Crippen molar-refractivity contribution in [2.45, 2.75) is 12.8 Å². The fourth-order valence-electron chi connectivity index (χ4n) is 2.15. The number of aryl methyl sites for hydroxylation is 1. The van der Waals surface area contributed by atoms with E-state index in [1.54, 1.807) is 18.7 Å². The Labute approximate surface area is 105 Å². The van der Waals surface area contributed by atoms with Gasteiger partial charge in [0.15, 0.2) is 5.69 Å². The molecule has 1 aliphatic heterocycles. The van der Waals surface area contributed by atoms with Crippen molar-refractivity contribution in [2.24, 2.45) is 7.05 Å². The normalized spacial score (nSPS) is 22.8. The van der Waals surface area contributed by atoms with Gasteiger partial charge in [-0.3, -0.25) is 4.79 Å². The molecule has 0 radical (unpaired) electrons. The van der Waals surface area contributed by atoms with E-state index < -0.39 is 11.9 Å². The van der Waals surface area contributed by atoms with Gasteiger partial charge in [-0.15, -0.1) is 6.61 Å². The number of aromatic nitrogens is 2. The highest BCUT2D eigenvalue weighted by Gasteiger charge is 2.46. The lowest BCUT2D eigenvalue weighted by molar-refractivity contribution is -0.368. The van der Waals surface area contributed by atoms with E-state index in [1.807, 2.05) is 0 Å². The number of fused-ring (bicyclic) bond motifs is 1. The quantitative estimate of drug-likeness (QED) is 0.570. The first-order chi connectivity index (χ1) is 8.50.